The Balaban J connectivity index is 1.32. The normalized spacial score (nSPS) is 16.0. The predicted octanol–water partition coefficient (Wildman–Crippen LogP) is 2.43. The highest BCUT2D eigenvalue weighted by atomic mass is 35.5. The van der Waals surface area contributed by atoms with Crippen LogP contribution in [0.5, 0.6) is 0 Å². The Kier molecular flexibility index (Phi) is 6.29. The van der Waals surface area contributed by atoms with Crippen LogP contribution in [-0.2, 0) is 15.8 Å². The maximum atomic E-state index is 12.7. The van der Waals surface area contributed by atoms with Crippen molar-refractivity contribution in [3.63, 3.8) is 0 Å². The molecule has 2 aromatic carbocycles. The molecule has 4 rings (SSSR count). The number of aromatic nitrogens is 1. The van der Waals surface area contributed by atoms with E-state index in [9.17, 15) is 18.0 Å². The lowest BCUT2D eigenvalue weighted by atomic mass is 10.2. The van der Waals surface area contributed by atoms with Crippen LogP contribution in [-0.4, -0.2) is 60.8 Å². The molecule has 10 heteroatoms. The van der Waals surface area contributed by atoms with E-state index in [2.05, 4.69) is 0 Å². The Labute approximate surface area is 184 Å². The van der Waals surface area contributed by atoms with Crippen LogP contribution in [0.15, 0.2) is 57.7 Å². The molecule has 0 unspecified atom stereocenters. The predicted molar refractivity (Wildman–Crippen MR) is 118 cm³/mol. The molecule has 1 aliphatic rings. The smallest absolute Gasteiger partial charge is 0.407 e. The second kappa shape index (κ2) is 8.96. The molecule has 1 fully saturated rings. The van der Waals surface area contributed by atoms with Crippen molar-refractivity contribution in [3.8, 4) is 0 Å². The second-order valence-electron chi connectivity index (χ2n) is 7.44. The molecule has 0 atom stereocenters. The van der Waals surface area contributed by atoms with Crippen molar-refractivity contribution in [2.45, 2.75) is 12.2 Å². The van der Waals surface area contributed by atoms with E-state index in [0.717, 1.165) is 4.57 Å². The zero-order chi connectivity index (χ0) is 22.0. The molecule has 2 heterocycles. The zero-order valence-corrected chi connectivity index (χ0v) is 18.3. The minimum atomic E-state index is -3.43. The molecule has 0 aliphatic carbocycles. The highest BCUT2D eigenvalue weighted by Gasteiger charge is 2.27. The first kappa shape index (κ1) is 21.8. The van der Waals surface area contributed by atoms with Gasteiger partial charge in [-0.3, -0.25) is 4.79 Å². The molecule has 31 heavy (non-hydrogen) atoms. The SMILES string of the molecule is O=C(CCN1CCN(S(=O)(=O)Cc2ccc(Cl)cc2)CC1)n1c(=O)oc2ccccc21. The molecule has 1 saturated heterocycles. The van der Waals surface area contributed by atoms with Crippen LogP contribution in [0.25, 0.3) is 11.1 Å². The second-order valence-corrected chi connectivity index (χ2v) is 9.84. The molecule has 0 N–H and O–H groups in total. The third kappa shape index (κ3) is 4.90. The molecule has 0 spiro atoms. The van der Waals surface area contributed by atoms with Crippen molar-refractivity contribution in [1.82, 2.24) is 13.8 Å². The largest absolute Gasteiger partial charge is 0.426 e. The number of nitrogens with zero attached hydrogens (tertiary/aromatic N) is 3. The van der Waals surface area contributed by atoms with E-state index in [4.69, 9.17) is 16.0 Å². The number of oxazole rings is 1. The number of carbonyl (C=O) groups excluding carboxylic acids is 1. The quantitative estimate of drug-likeness (QED) is 0.557. The van der Waals surface area contributed by atoms with E-state index in [1.807, 2.05) is 4.90 Å². The first-order valence-electron chi connectivity index (χ1n) is 9.92. The highest BCUT2D eigenvalue weighted by Crippen LogP contribution is 2.17. The summed E-state index contributed by atoms with van der Waals surface area (Å²) in [6.45, 7) is 2.20. The molecule has 0 radical (unpaired) electrons. The van der Waals surface area contributed by atoms with Gasteiger partial charge in [-0.15, -0.1) is 0 Å². The molecule has 0 amide bonds. The van der Waals surface area contributed by atoms with Crippen LogP contribution in [0.1, 0.15) is 16.8 Å². The molecule has 1 aromatic heterocycles. The van der Waals surface area contributed by atoms with Gasteiger partial charge in [0.1, 0.15) is 0 Å². The minimum absolute atomic E-state index is 0.0703. The van der Waals surface area contributed by atoms with Crippen molar-refractivity contribution >= 4 is 38.6 Å². The summed E-state index contributed by atoms with van der Waals surface area (Å²) in [5.41, 5.74) is 1.52. The summed E-state index contributed by atoms with van der Waals surface area (Å²) in [6.07, 6.45) is 0.140. The van der Waals surface area contributed by atoms with Crippen molar-refractivity contribution in [2.75, 3.05) is 32.7 Å². The number of rotatable bonds is 6. The molecule has 0 saturated carbocycles. The number of halogens is 1. The van der Waals surface area contributed by atoms with Crippen LogP contribution in [0.2, 0.25) is 5.02 Å². The van der Waals surface area contributed by atoms with Gasteiger partial charge in [-0.2, -0.15) is 4.31 Å². The Bertz CT molecular complexity index is 1240. The first-order chi connectivity index (χ1) is 14.8. The summed E-state index contributed by atoms with van der Waals surface area (Å²) in [7, 11) is -3.43. The van der Waals surface area contributed by atoms with Gasteiger partial charge in [-0.1, -0.05) is 35.9 Å². The van der Waals surface area contributed by atoms with Crippen LogP contribution in [0.3, 0.4) is 0 Å². The molecule has 164 valence electrons. The lowest BCUT2D eigenvalue weighted by molar-refractivity contribution is 0.0868. The Hall–Kier alpha value is -2.46. The molecular formula is C21H22ClN3O5S. The van der Waals surface area contributed by atoms with E-state index < -0.39 is 15.8 Å². The fourth-order valence-corrected chi connectivity index (χ4v) is 5.32. The number of fused-ring (bicyclic) bond motifs is 1. The van der Waals surface area contributed by atoms with Gasteiger partial charge in [0.15, 0.2) is 5.58 Å². The zero-order valence-electron chi connectivity index (χ0n) is 16.7. The Morgan fingerprint density at radius 3 is 2.39 bits per heavy atom. The number of hydrogen-bond acceptors (Lipinski definition) is 6. The van der Waals surface area contributed by atoms with Crippen molar-refractivity contribution in [2.24, 2.45) is 0 Å². The highest BCUT2D eigenvalue weighted by molar-refractivity contribution is 7.88. The van der Waals surface area contributed by atoms with Crippen LogP contribution < -0.4 is 5.76 Å². The van der Waals surface area contributed by atoms with Gasteiger partial charge in [-0.05, 0) is 29.8 Å². The fraction of sp³-hybridized carbons (Fsp3) is 0.333. The lowest BCUT2D eigenvalue weighted by Crippen LogP contribution is -2.49. The Morgan fingerprint density at radius 1 is 1.00 bits per heavy atom. The molecule has 3 aromatic rings. The maximum Gasteiger partial charge on any atom is 0.426 e. The summed E-state index contributed by atoms with van der Waals surface area (Å²) in [5.74, 6) is -1.10. The van der Waals surface area contributed by atoms with Gasteiger partial charge < -0.3 is 9.32 Å². The van der Waals surface area contributed by atoms with Gasteiger partial charge in [0.2, 0.25) is 15.9 Å². The van der Waals surface area contributed by atoms with E-state index in [1.165, 1.54) is 4.31 Å². The van der Waals surface area contributed by atoms with E-state index in [-0.39, 0.29) is 18.1 Å². The van der Waals surface area contributed by atoms with Crippen LogP contribution in [0.4, 0.5) is 0 Å². The number of benzene rings is 2. The average molecular weight is 464 g/mol. The van der Waals surface area contributed by atoms with Gasteiger partial charge >= 0.3 is 5.76 Å². The van der Waals surface area contributed by atoms with E-state index in [1.54, 1.807) is 48.5 Å². The van der Waals surface area contributed by atoms with Crippen LogP contribution in [0, 0.1) is 0 Å². The summed E-state index contributed by atoms with van der Waals surface area (Å²) in [5, 5.41) is 0.565. The summed E-state index contributed by atoms with van der Waals surface area (Å²) in [6, 6.07) is 13.6. The fourth-order valence-electron chi connectivity index (χ4n) is 3.68. The van der Waals surface area contributed by atoms with Gasteiger partial charge in [0, 0.05) is 44.2 Å². The number of piperazine rings is 1. The number of carbonyl (C=O) groups is 1. The topological polar surface area (TPSA) is 92.8 Å². The van der Waals surface area contributed by atoms with E-state index in [0.29, 0.717) is 54.4 Å². The third-order valence-electron chi connectivity index (χ3n) is 5.36. The van der Waals surface area contributed by atoms with Crippen molar-refractivity contribution in [3.05, 3.63) is 69.7 Å². The standard InChI is InChI=1S/C21H22ClN3O5S/c22-17-7-5-16(6-8-17)15-31(28,29)24-13-11-23(12-14-24)10-9-20(26)25-18-3-1-2-4-19(18)30-21(25)27/h1-8H,9-15H2. The number of para-hydroxylation sites is 2. The maximum absolute atomic E-state index is 12.7. The molecule has 8 nitrogen and oxygen atoms in total. The third-order valence-corrected chi connectivity index (χ3v) is 7.47. The van der Waals surface area contributed by atoms with Crippen LogP contribution >= 0.6 is 11.6 Å². The summed E-state index contributed by atoms with van der Waals surface area (Å²) in [4.78, 5) is 26.7. The molecule has 1 aliphatic heterocycles. The van der Waals surface area contributed by atoms with Gasteiger partial charge in [-0.25, -0.2) is 17.8 Å². The molecule has 0 bridgehead atoms. The van der Waals surface area contributed by atoms with Gasteiger partial charge in [0.25, 0.3) is 0 Å². The lowest BCUT2D eigenvalue weighted by Gasteiger charge is -2.33. The average Bonchev–Trinajstić information content (AvgIpc) is 3.09. The van der Waals surface area contributed by atoms with E-state index >= 15 is 0 Å². The number of hydrogen-bond donors (Lipinski definition) is 0. The molecular weight excluding hydrogens is 442 g/mol. The first-order valence-corrected chi connectivity index (χ1v) is 11.9. The summed E-state index contributed by atoms with van der Waals surface area (Å²) < 4.78 is 33.1. The number of sulfonamides is 1. The summed E-state index contributed by atoms with van der Waals surface area (Å²) >= 11 is 5.86. The van der Waals surface area contributed by atoms with Gasteiger partial charge in [0.05, 0.1) is 11.3 Å². The Morgan fingerprint density at radius 2 is 1.68 bits per heavy atom. The minimum Gasteiger partial charge on any atom is -0.407 e. The van der Waals surface area contributed by atoms with Crippen molar-refractivity contribution in [1.29, 1.82) is 0 Å². The van der Waals surface area contributed by atoms with Crippen molar-refractivity contribution < 1.29 is 17.6 Å². The monoisotopic (exact) mass is 463 g/mol.